The first-order valence-corrected chi connectivity index (χ1v) is 11.6. The Hall–Kier alpha value is -3.69. The Balaban J connectivity index is 1.68. The molecule has 1 heterocycles. The zero-order valence-electron chi connectivity index (χ0n) is 18.5. The van der Waals surface area contributed by atoms with Gasteiger partial charge in [0.05, 0.1) is 14.2 Å². The molecule has 1 atom stereocenters. The lowest BCUT2D eigenvalue weighted by atomic mass is 9.91. The molecular weight excluding hydrogens is 459 g/mol. The van der Waals surface area contributed by atoms with Crippen molar-refractivity contribution in [3.05, 3.63) is 89.9 Å². The number of nitrogens with one attached hydrogen (secondary N) is 1. The largest absolute Gasteiger partial charge is 0.493 e. The minimum absolute atomic E-state index is 0.0284. The lowest BCUT2D eigenvalue weighted by molar-refractivity contribution is 0.358. The van der Waals surface area contributed by atoms with Gasteiger partial charge in [0.25, 0.3) is 0 Å². The van der Waals surface area contributed by atoms with Crippen LogP contribution in [0.2, 0.25) is 0 Å². The van der Waals surface area contributed by atoms with E-state index in [1.54, 1.807) is 30.5 Å². The average Bonchev–Trinajstić information content (AvgIpc) is 2.85. The zero-order chi connectivity index (χ0) is 24.1. The van der Waals surface area contributed by atoms with Crippen molar-refractivity contribution in [2.75, 3.05) is 20.8 Å². The molecule has 0 bridgehead atoms. The van der Waals surface area contributed by atoms with E-state index in [1.807, 2.05) is 30.3 Å². The van der Waals surface area contributed by atoms with E-state index in [4.69, 9.17) is 14.2 Å². The predicted molar refractivity (Wildman–Crippen MR) is 128 cm³/mol. The van der Waals surface area contributed by atoms with Crippen LogP contribution in [0.25, 0.3) is 10.9 Å². The van der Waals surface area contributed by atoms with E-state index in [2.05, 4.69) is 9.71 Å². The number of nitrogens with zero attached hydrogens (tertiary/aromatic N) is 1. The van der Waals surface area contributed by atoms with Gasteiger partial charge in [-0.05, 0) is 41.5 Å². The molecule has 7 nitrogen and oxygen atoms in total. The summed E-state index contributed by atoms with van der Waals surface area (Å²) in [6.07, 6.45) is 1.55. The molecule has 1 unspecified atom stereocenters. The summed E-state index contributed by atoms with van der Waals surface area (Å²) in [5.41, 5.74) is 2.01. The highest BCUT2D eigenvalue weighted by atomic mass is 32.2. The molecule has 34 heavy (non-hydrogen) atoms. The van der Waals surface area contributed by atoms with E-state index in [1.165, 1.54) is 26.4 Å². The number of thiol groups is 1. The highest BCUT2D eigenvalue weighted by Crippen LogP contribution is 2.39. The number of halogens is 1. The number of fused-ring (bicyclic) bond motifs is 1. The maximum absolute atomic E-state index is 15.1. The van der Waals surface area contributed by atoms with Crippen LogP contribution in [0.5, 0.6) is 23.0 Å². The van der Waals surface area contributed by atoms with Crippen LogP contribution in [-0.4, -0.2) is 34.2 Å². The first kappa shape index (κ1) is 23.5. The summed E-state index contributed by atoms with van der Waals surface area (Å²) in [6, 6.07) is 19.1. The van der Waals surface area contributed by atoms with Crippen molar-refractivity contribution >= 4 is 21.8 Å². The Bertz CT molecular complexity index is 1370. The second kappa shape index (κ2) is 10.5. The second-order valence-corrected chi connectivity index (χ2v) is 8.21. The minimum atomic E-state index is -2.78. The predicted octanol–water partition coefficient (Wildman–Crippen LogP) is 4.43. The van der Waals surface area contributed by atoms with E-state index in [-0.39, 0.29) is 18.2 Å². The van der Waals surface area contributed by atoms with Gasteiger partial charge in [-0.2, -0.15) is 0 Å². The van der Waals surface area contributed by atoms with Crippen LogP contribution in [-0.2, 0) is 10.9 Å². The molecule has 0 radical (unpaired) electrons. The van der Waals surface area contributed by atoms with Crippen molar-refractivity contribution < 1.29 is 27.0 Å². The van der Waals surface area contributed by atoms with E-state index in [0.29, 0.717) is 33.7 Å². The molecule has 3 aromatic carbocycles. The van der Waals surface area contributed by atoms with Crippen LogP contribution in [0.15, 0.2) is 72.9 Å². The monoisotopic (exact) mass is 482 g/mol. The van der Waals surface area contributed by atoms with Crippen LogP contribution < -0.4 is 18.9 Å². The van der Waals surface area contributed by atoms with Crippen molar-refractivity contribution in [2.45, 2.75) is 5.92 Å². The second-order valence-electron chi connectivity index (χ2n) is 7.38. The van der Waals surface area contributed by atoms with Gasteiger partial charge < -0.3 is 14.2 Å². The number of hydrogen-bond acceptors (Lipinski definition) is 6. The molecule has 176 valence electrons. The number of methoxy groups -OCH3 is 2. The number of rotatable bonds is 9. The van der Waals surface area contributed by atoms with Crippen molar-refractivity contribution in [3.63, 3.8) is 0 Å². The van der Waals surface area contributed by atoms with Gasteiger partial charge in [0, 0.05) is 24.0 Å². The fraction of sp³-hybridized carbons (Fsp3) is 0.160. The lowest BCUT2D eigenvalue weighted by Gasteiger charge is -2.18. The van der Waals surface area contributed by atoms with Crippen molar-refractivity contribution in [1.82, 2.24) is 9.71 Å². The van der Waals surface area contributed by atoms with Gasteiger partial charge in [0.1, 0.15) is 11.3 Å². The van der Waals surface area contributed by atoms with Crippen LogP contribution >= 0.6 is 0 Å². The molecule has 9 heteroatoms. The fourth-order valence-electron chi connectivity index (χ4n) is 3.81. The van der Waals surface area contributed by atoms with Gasteiger partial charge in [-0.25, -0.2) is 17.5 Å². The van der Waals surface area contributed by atoms with Gasteiger partial charge in [0.15, 0.2) is 23.1 Å². The van der Waals surface area contributed by atoms with Crippen LogP contribution in [0.1, 0.15) is 17.0 Å². The van der Waals surface area contributed by atoms with Gasteiger partial charge in [0.2, 0.25) is 10.9 Å². The summed E-state index contributed by atoms with van der Waals surface area (Å²) in [5, 5.41) is 0.634. The number of ether oxygens (including phenoxy) is 3. The molecule has 1 aromatic heterocycles. The Labute approximate surface area is 198 Å². The average molecular weight is 483 g/mol. The van der Waals surface area contributed by atoms with Crippen LogP contribution in [0, 0.1) is 5.82 Å². The number of pyridine rings is 1. The molecule has 0 spiro atoms. The highest BCUT2D eigenvalue weighted by Gasteiger charge is 2.18. The Kier molecular flexibility index (Phi) is 7.24. The molecule has 0 aliphatic rings. The number of hydrogen-bond donors (Lipinski definition) is 2. The first-order valence-electron chi connectivity index (χ1n) is 10.4. The molecule has 4 rings (SSSR count). The summed E-state index contributed by atoms with van der Waals surface area (Å²) in [7, 11) is 0.276. The van der Waals surface area contributed by atoms with Gasteiger partial charge >= 0.3 is 0 Å². The molecule has 1 N–H and O–H groups in total. The third-order valence-corrected chi connectivity index (χ3v) is 5.86. The van der Waals surface area contributed by atoms with Crippen molar-refractivity contribution in [2.24, 2.45) is 0 Å². The third kappa shape index (κ3) is 4.95. The molecule has 4 aromatic rings. The van der Waals surface area contributed by atoms with Gasteiger partial charge in [-0.1, -0.05) is 36.4 Å². The third-order valence-electron chi connectivity index (χ3n) is 5.42. The van der Waals surface area contributed by atoms with E-state index >= 15 is 4.39 Å². The minimum Gasteiger partial charge on any atom is -0.493 e. The van der Waals surface area contributed by atoms with E-state index in [9.17, 15) is 8.42 Å². The smallest absolute Gasteiger partial charge is 0.201 e. The van der Waals surface area contributed by atoms with Crippen molar-refractivity contribution in [3.8, 4) is 23.0 Å². The fourth-order valence-corrected chi connectivity index (χ4v) is 4.14. The maximum atomic E-state index is 15.1. The molecule has 0 aliphatic carbocycles. The van der Waals surface area contributed by atoms with Gasteiger partial charge in [-0.3, -0.25) is 4.98 Å². The number of aromatic nitrogens is 1. The Morgan fingerprint density at radius 1 is 0.912 bits per heavy atom. The maximum Gasteiger partial charge on any atom is 0.201 e. The Morgan fingerprint density at radius 3 is 2.35 bits per heavy atom. The summed E-state index contributed by atoms with van der Waals surface area (Å²) in [4.78, 5) is 4.36. The SMILES string of the molecule is COc1ccc2c(Oc3ccc(C(CN[SH](=O)=O)c4ccccc4)cc3F)ccnc2c1OC. The normalized spacial score (nSPS) is 12.0. The Morgan fingerprint density at radius 2 is 1.68 bits per heavy atom. The standard InChI is InChI=1S/C25H23FN2O5S/c1-31-23-11-9-18-21(12-13-27-24(18)25(23)32-2)33-22-10-8-17(14-20(22)26)19(15-28-34(29)30)16-6-4-3-5-7-16/h3-14,19,34H,15H2,1-2H3,(H,28,29,30). The lowest BCUT2D eigenvalue weighted by Crippen LogP contribution is -2.21. The molecule has 0 saturated heterocycles. The van der Waals surface area contributed by atoms with Gasteiger partial charge in [-0.15, -0.1) is 0 Å². The molecule has 0 fully saturated rings. The summed E-state index contributed by atoms with van der Waals surface area (Å²) in [6.45, 7) is 0.110. The number of benzene rings is 3. The molecule has 0 amide bonds. The van der Waals surface area contributed by atoms with Crippen LogP contribution in [0.4, 0.5) is 4.39 Å². The van der Waals surface area contributed by atoms with E-state index in [0.717, 1.165) is 5.56 Å². The van der Waals surface area contributed by atoms with Crippen LogP contribution in [0.3, 0.4) is 0 Å². The quantitative estimate of drug-likeness (QED) is 0.343. The molecule has 0 saturated carbocycles. The summed E-state index contributed by atoms with van der Waals surface area (Å²) >= 11 is 0. The highest BCUT2D eigenvalue weighted by molar-refractivity contribution is 7.70. The summed E-state index contributed by atoms with van der Waals surface area (Å²) in [5.74, 6) is 0.473. The summed E-state index contributed by atoms with van der Waals surface area (Å²) < 4.78 is 56.4. The first-order chi connectivity index (χ1) is 16.5. The van der Waals surface area contributed by atoms with Crippen molar-refractivity contribution in [1.29, 1.82) is 0 Å². The van der Waals surface area contributed by atoms with E-state index < -0.39 is 16.7 Å². The topological polar surface area (TPSA) is 86.8 Å². The zero-order valence-corrected chi connectivity index (χ0v) is 19.4. The molecule has 0 aliphatic heterocycles. The molecular formula is C25H23FN2O5S.